The molecule has 0 bridgehead atoms. The summed E-state index contributed by atoms with van der Waals surface area (Å²) in [5, 5.41) is 8.43. The highest BCUT2D eigenvalue weighted by molar-refractivity contribution is 7.80. The van der Waals surface area contributed by atoms with E-state index < -0.39 is 0 Å². The monoisotopic (exact) mass is 344 g/mol. The molecule has 0 unspecified atom stereocenters. The fraction of sp³-hybridized carbons (Fsp3) is 0.368. The Morgan fingerprint density at radius 3 is 1.83 bits per heavy atom. The lowest BCUT2D eigenvalue weighted by Crippen LogP contribution is -1.96. The van der Waals surface area contributed by atoms with Gasteiger partial charge in [0, 0.05) is 0 Å². The molecule has 2 rings (SSSR count). The number of thiol groups is 1. The first-order valence-corrected chi connectivity index (χ1v) is 8.84. The predicted octanol–water partition coefficient (Wildman–Crippen LogP) is 5.98. The van der Waals surface area contributed by atoms with Crippen LogP contribution in [0.4, 0.5) is 11.4 Å². The van der Waals surface area contributed by atoms with E-state index >= 15 is 0 Å². The first-order valence-electron chi connectivity index (χ1n) is 8.21. The number of hydrogen-bond acceptors (Lipinski definition) is 5. The molecule has 2 aromatic rings. The van der Waals surface area contributed by atoms with Crippen LogP contribution in [0.15, 0.2) is 58.8 Å². The van der Waals surface area contributed by atoms with Crippen molar-refractivity contribution in [3.8, 4) is 11.5 Å². The van der Waals surface area contributed by atoms with Gasteiger partial charge >= 0.3 is 0 Å². The average molecular weight is 344 g/mol. The van der Waals surface area contributed by atoms with E-state index in [1.807, 2.05) is 48.5 Å². The van der Waals surface area contributed by atoms with E-state index in [1.54, 1.807) is 7.11 Å². The van der Waals surface area contributed by atoms with Gasteiger partial charge in [0.2, 0.25) is 0 Å². The van der Waals surface area contributed by atoms with Gasteiger partial charge in [-0.1, -0.05) is 12.8 Å². The molecular weight excluding hydrogens is 320 g/mol. The van der Waals surface area contributed by atoms with E-state index in [0.29, 0.717) is 0 Å². The summed E-state index contributed by atoms with van der Waals surface area (Å²) in [5.41, 5.74) is 1.59. The van der Waals surface area contributed by atoms with Gasteiger partial charge in [0.15, 0.2) is 0 Å². The zero-order valence-electron chi connectivity index (χ0n) is 14.0. The Kier molecular flexibility index (Phi) is 8.18. The molecule has 5 heteroatoms. The van der Waals surface area contributed by atoms with Gasteiger partial charge in [-0.2, -0.15) is 22.9 Å². The molecule has 0 radical (unpaired) electrons. The third-order valence-corrected chi connectivity index (χ3v) is 3.83. The maximum atomic E-state index is 5.72. The number of rotatable bonds is 10. The molecule has 4 nitrogen and oxygen atoms in total. The minimum Gasteiger partial charge on any atom is -0.497 e. The molecule has 0 saturated carbocycles. The number of azo groups is 1. The van der Waals surface area contributed by atoms with E-state index in [1.165, 1.54) is 19.3 Å². The zero-order chi connectivity index (χ0) is 17.0. The minimum absolute atomic E-state index is 0.749. The maximum Gasteiger partial charge on any atom is 0.119 e. The van der Waals surface area contributed by atoms with Crippen molar-refractivity contribution >= 4 is 24.0 Å². The van der Waals surface area contributed by atoms with Crippen LogP contribution < -0.4 is 9.47 Å². The van der Waals surface area contributed by atoms with Crippen LogP contribution in [0, 0.1) is 0 Å². The summed E-state index contributed by atoms with van der Waals surface area (Å²) < 4.78 is 10.8. The van der Waals surface area contributed by atoms with Gasteiger partial charge < -0.3 is 9.47 Å². The summed E-state index contributed by atoms with van der Waals surface area (Å²) in [6.07, 6.45) is 4.66. The van der Waals surface area contributed by atoms with Gasteiger partial charge in [-0.15, -0.1) is 0 Å². The summed E-state index contributed by atoms with van der Waals surface area (Å²) >= 11 is 4.21. The molecule has 0 atom stereocenters. The molecule has 2 aromatic carbocycles. The largest absolute Gasteiger partial charge is 0.497 e. The van der Waals surface area contributed by atoms with Crippen molar-refractivity contribution in [3.63, 3.8) is 0 Å². The Hall–Kier alpha value is -2.01. The lowest BCUT2D eigenvalue weighted by Gasteiger charge is -2.05. The van der Waals surface area contributed by atoms with Gasteiger partial charge in [-0.25, -0.2) is 0 Å². The van der Waals surface area contributed by atoms with E-state index in [9.17, 15) is 0 Å². The molecular formula is C19H24N2O2S. The topological polar surface area (TPSA) is 43.2 Å². The van der Waals surface area contributed by atoms with Gasteiger partial charge in [0.1, 0.15) is 11.5 Å². The SMILES string of the molecule is COc1ccc(N=Nc2ccc(OCCCCCCS)cc2)cc1. The summed E-state index contributed by atoms with van der Waals surface area (Å²) in [6.45, 7) is 0.749. The fourth-order valence-electron chi connectivity index (χ4n) is 2.13. The zero-order valence-corrected chi connectivity index (χ0v) is 14.9. The molecule has 0 amide bonds. The van der Waals surface area contributed by atoms with Gasteiger partial charge in [0.05, 0.1) is 25.1 Å². The van der Waals surface area contributed by atoms with Crippen LogP contribution in [-0.4, -0.2) is 19.5 Å². The fourth-order valence-corrected chi connectivity index (χ4v) is 2.35. The number of benzene rings is 2. The number of nitrogens with zero attached hydrogens (tertiary/aromatic N) is 2. The minimum atomic E-state index is 0.749. The summed E-state index contributed by atoms with van der Waals surface area (Å²) in [4.78, 5) is 0. The Morgan fingerprint density at radius 1 is 0.750 bits per heavy atom. The highest BCUT2D eigenvalue weighted by Gasteiger charge is 1.96. The van der Waals surface area contributed by atoms with Gasteiger partial charge in [-0.05, 0) is 67.1 Å². The first kappa shape index (κ1) is 18.3. The third-order valence-electron chi connectivity index (χ3n) is 3.51. The first-order chi connectivity index (χ1) is 11.8. The molecule has 0 fully saturated rings. The summed E-state index contributed by atoms with van der Waals surface area (Å²) in [7, 11) is 1.64. The number of ether oxygens (including phenoxy) is 2. The quantitative estimate of drug-likeness (QED) is 0.327. The normalized spacial score (nSPS) is 10.9. The lowest BCUT2D eigenvalue weighted by molar-refractivity contribution is 0.305. The molecule has 24 heavy (non-hydrogen) atoms. The Labute approximate surface area is 149 Å². The second kappa shape index (κ2) is 10.7. The number of methoxy groups -OCH3 is 1. The third kappa shape index (κ3) is 6.62. The van der Waals surface area contributed by atoms with Crippen molar-refractivity contribution in [1.29, 1.82) is 0 Å². The molecule has 0 aliphatic carbocycles. The van der Waals surface area contributed by atoms with Crippen molar-refractivity contribution in [2.24, 2.45) is 10.2 Å². The Morgan fingerprint density at radius 2 is 1.29 bits per heavy atom. The van der Waals surface area contributed by atoms with E-state index in [4.69, 9.17) is 9.47 Å². The van der Waals surface area contributed by atoms with Crippen molar-refractivity contribution in [3.05, 3.63) is 48.5 Å². The van der Waals surface area contributed by atoms with E-state index in [0.717, 1.165) is 41.7 Å². The van der Waals surface area contributed by atoms with Crippen molar-refractivity contribution in [2.75, 3.05) is 19.5 Å². The highest BCUT2D eigenvalue weighted by atomic mass is 32.1. The van der Waals surface area contributed by atoms with Gasteiger partial charge in [0.25, 0.3) is 0 Å². The molecule has 0 heterocycles. The molecule has 128 valence electrons. The smallest absolute Gasteiger partial charge is 0.119 e. The van der Waals surface area contributed by atoms with Crippen LogP contribution in [0.1, 0.15) is 25.7 Å². The van der Waals surface area contributed by atoms with Crippen LogP contribution in [0.3, 0.4) is 0 Å². The second-order valence-electron chi connectivity index (χ2n) is 5.38. The molecule has 0 aliphatic rings. The summed E-state index contributed by atoms with van der Waals surface area (Å²) in [6, 6.07) is 15.1. The lowest BCUT2D eigenvalue weighted by atomic mass is 10.2. The van der Waals surface area contributed by atoms with Crippen LogP contribution in [0.2, 0.25) is 0 Å². The average Bonchev–Trinajstić information content (AvgIpc) is 2.64. The number of hydrogen-bond donors (Lipinski definition) is 1. The molecule has 0 saturated heterocycles. The van der Waals surface area contributed by atoms with Gasteiger partial charge in [-0.3, -0.25) is 0 Å². The molecule has 0 aliphatic heterocycles. The van der Waals surface area contributed by atoms with Crippen LogP contribution in [-0.2, 0) is 0 Å². The molecule has 0 N–H and O–H groups in total. The predicted molar refractivity (Wildman–Crippen MR) is 101 cm³/mol. The molecule has 0 spiro atoms. The molecule has 0 aromatic heterocycles. The Bertz CT molecular complexity index is 612. The van der Waals surface area contributed by atoms with E-state index in [-0.39, 0.29) is 0 Å². The number of unbranched alkanes of at least 4 members (excludes halogenated alkanes) is 3. The standard InChI is InChI=1S/C19H24N2O2S/c1-22-18-10-6-16(7-11-18)20-21-17-8-12-19(13-9-17)23-14-4-2-3-5-15-24/h6-13,24H,2-5,14-15H2,1H3. The second-order valence-corrected chi connectivity index (χ2v) is 5.83. The van der Waals surface area contributed by atoms with Crippen molar-refractivity contribution < 1.29 is 9.47 Å². The highest BCUT2D eigenvalue weighted by Crippen LogP contribution is 2.23. The van der Waals surface area contributed by atoms with Crippen LogP contribution in [0.5, 0.6) is 11.5 Å². The van der Waals surface area contributed by atoms with Crippen molar-refractivity contribution in [2.45, 2.75) is 25.7 Å². The van der Waals surface area contributed by atoms with Crippen LogP contribution >= 0.6 is 12.6 Å². The maximum absolute atomic E-state index is 5.72. The van der Waals surface area contributed by atoms with Crippen LogP contribution in [0.25, 0.3) is 0 Å². The Balaban J connectivity index is 1.77. The summed E-state index contributed by atoms with van der Waals surface area (Å²) in [5.74, 6) is 2.64. The van der Waals surface area contributed by atoms with E-state index in [2.05, 4.69) is 22.9 Å². The van der Waals surface area contributed by atoms with Crippen molar-refractivity contribution in [1.82, 2.24) is 0 Å².